The van der Waals surface area contributed by atoms with Gasteiger partial charge in [-0.15, -0.1) is 0 Å². The minimum atomic E-state index is -0.123. The highest BCUT2D eigenvalue weighted by Crippen LogP contribution is 2.19. The second kappa shape index (κ2) is 5.20. The summed E-state index contributed by atoms with van der Waals surface area (Å²) in [6, 6.07) is 0. The molecule has 98 valence electrons. The molecule has 1 aliphatic heterocycles. The highest BCUT2D eigenvalue weighted by Gasteiger charge is 2.26. The molecule has 0 bridgehead atoms. The van der Waals surface area contributed by atoms with Crippen LogP contribution in [-0.4, -0.2) is 36.0 Å². The fourth-order valence-corrected chi connectivity index (χ4v) is 2.20. The highest BCUT2D eigenvalue weighted by atomic mass is 16.1. The van der Waals surface area contributed by atoms with Gasteiger partial charge in [-0.25, -0.2) is 4.98 Å². The van der Waals surface area contributed by atoms with E-state index in [0.29, 0.717) is 18.1 Å². The molecule has 6 heteroatoms. The monoisotopic (exact) mass is 250 g/mol. The molecule has 1 aromatic heterocycles. The van der Waals surface area contributed by atoms with E-state index in [9.17, 15) is 9.59 Å². The van der Waals surface area contributed by atoms with Gasteiger partial charge in [0, 0.05) is 31.9 Å². The molecule has 1 amide bonds. The van der Waals surface area contributed by atoms with Crippen LogP contribution in [0.2, 0.25) is 0 Å². The Morgan fingerprint density at radius 1 is 1.61 bits per heavy atom. The molecule has 0 saturated carbocycles. The summed E-state index contributed by atoms with van der Waals surface area (Å²) in [6.45, 7) is 3.14. The zero-order chi connectivity index (χ0) is 13.1. The van der Waals surface area contributed by atoms with Crippen molar-refractivity contribution in [2.24, 2.45) is 5.92 Å². The first-order valence-corrected chi connectivity index (χ1v) is 6.14. The number of aromatic amines is 1. The minimum Gasteiger partial charge on any atom is -0.359 e. The summed E-state index contributed by atoms with van der Waals surface area (Å²) >= 11 is 0. The van der Waals surface area contributed by atoms with Crippen molar-refractivity contribution in [3.8, 4) is 0 Å². The third-order valence-corrected chi connectivity index (χ3v) is 3.30. The third kappa shape index (κ3) is 2.52. The summed E-state index contributed by atoms with van der Waals surface area (Å²) in [6.07, 6.45) is 3.37. The van der Waals surface area contributed by atoms with Crippen LogP contribution in [0.15, 0.2) is 11.0 Å². The van der Waals surface area contributed by atoms with Gasteiger partial charge < -0.3 is 10.2 Å². The topological polar surface area (TPSA) is 78.1 Å². The molecular formula is C12H18N4O2. The maximum absolute atomic E-state index is 11.6. The number of rotatable bonds is 2. The number of amides is 1. The van der Waals surface area contributed by atoms with Crippen LogP contribution in [0.4, 0.5) is 5.95 Å². The van der Waals surface area contributed by atoms with Gasteiger partial charge in [0.1, 0.15) is 0 Å². The quantitative estimate of drug-likeness (QED) is 0.777. The lowest BCUT2D eigenvalue weighted by atomic mass is 9.97. The van der Waals surface area contributed by atoms with E-state index in [0.717, 1.165) is 19.4 Å². The summed E-state index contributed by atoms with van der Waals surface area (Å²) in [7, 11) is 1.65. The number of hydrogen-bond donors (Lipinski definition) is 2. The van der Waals surface area contributed by atoms with E-state index in [1.807, 2.05) is 4.90 Å². The molecule has 0 radical (unpaired) electrons. The predicted molar refractivity (Wildman–Crippen MR) is 68.6 cm³/mol. The molecule has 1 atom stereocenters. The van der Waals surface area contributed by atoms with Gasteiger partial charge in [0.2, 0.25) is 11.9 Å². The van der Waals surface area contributed by atoms with Crippen LogP contribution in [0.5, 0.6) is 0 Å². The summed E-state index contributed by atoms with van der Waals surface area (Å²) in [5.74, 6) is 0.573. The average Bonchev–Trinajstić information content (AvgIpc) is 2.41. The summed E-state index contributed by atoms with van der Waals surface area (Å²) < 4.78 is 0. The number of H-pyrrole nitrogens is 1. The van der Waals surface area contributed by atoms with E-state index in [4.69, 9.17) is 0 Å². The Balaban J connectivity index is 2.15. The number of hydrogen-bond acceptors (Lipinski definition) is 4. The molecule has 1 aliphatic rings. The summed E-state index contributed by atoms with van der Waals surface area (Å²) in [5.41, 5.74) is 0.473. The molecule has 2 N–H and O–H groups in total. The van der Waals surface area contributed by atoms with Gasteiger partial charge in [0.15, 0.2) is 0 Å². The normalized spacial score (nSPS) is 19.7. The van der Waals surface area contributed by atoms with Crippen LogP contribution in [0, 0.1) is 12.8 Å². The number of nitrogens with zero attached hydrogens (tertiary/aromatic N) is 2. The highest BCUT2D eigenvalue weighted by molar-refractivity contribution is 5.79. The van der Waals surface area contributed by atoms with Gasteiger partial charge in [0.05, 0.1) is 5.92 Å². The Kier molecular flexibility index (Phi) is 3.64. The van der Waals surface area contributed by atoms with Crippen molar-refractivity contribution < 1.29 is 4.79 Å². The van der Waals surface area contributed by atoms with Crippen LogP contribution in [0.3, 0.4) is 0 Å². The number of aromatic nitrogens is 2. The zero-order valence-corrected chi connectivity index (χ0v) is 10.7. The fourth-order valence-electron chi connectivity index (χ4n) is 2.20. The molecule has 0 spiro atoms. The number of carbonyl (C=O) groups excluding carboxylic acids is 1. The van der Waals surface area contributed by atoms with Crippen LogP contribution >= 0.6 is 0 Å². The van der Waals surface area contributed by atoms with Gasteiger partial charge in [0.25, 0.3) is 5.56 Å². The lowest BCUT2D eigenvalue weighted by molar-refractivity contribution is -0.124. The number of piperidine rings is 1. The first-order chi connectivity index (χ1) is 8.61. The van der Waals surface area contributed by atoms with E-state index < -0.39 is 0 Å². The second-order valence-corrected chi connectivity index (χ2v) is 4.62. The van der Waals surface area contributed by atoms with Crippen LogP contribution in [0.25, 0.3) is 0 Å². The van der Waals surface area contributed by atoms with Gasteiger partial charge >= 0.3 is 0 Å². The molecule has 1 fully saturated rings. The Hall–Kier alpha value is -1.85. The number of aryl methyl sites for hydroxylation is 1. The first-order valence-electron chi connectivity index (χ1n) is 6.14. The Labute approximate surface area is 105 Å². The van der Waals surface area contributed by atoms with Crippen molar-refractivity contribution in [1.29, 1.82) is 0 Å². The molecule has 1 saturated heterocycles. The van der Waals surface area contributed by atoms with E-state index in [-0.39, 0.29) is 17.4 Å². The van der Waals surface area contributed by atoms with Crippen molar-refractivity contribution in [1.82, 2.24) is 15.3 Å². The van der Waals surface area contributed by atoms with E-state index in [2.05, 4.69) is 15.3 Å². The van der Waals surface area contributed by atoms with Gasteiger partial charge in [-0.05, 0) is 19.8 Å². The molecule has 0 aliphatic carbocycles. The fraction of sp³-hybridized carbons (Fsp3) is 0.583. The van der Waals surface area contributed by atoms with Crippen molar-refractivity contribution in [2.45, 2.75) is 19.8 Å². The van der Waals surface area contributed by atoms with Gasteiger partial charge in [-0.3, -0.25) is 14.6 Å². The molecule has 1 aromatic rings. The van der Waals surface area contributed by atoms with E-state index in [1.165, 1.54) is 0 Å². The largest absolute Gasteiger partial charge is 0.359 e. The SMILES string of the molecule is CNC(=O)C1CCCN(c2ncc(C)c(=O)[nH]2)C1. The Bertz CT molecular complexity index is 497. The average molecular weight is 250 g/mol. The molecule has 0 aromatic carbocycles. The zero-order valence-electron chi connectivity index (χ0n) is 10.7. The smallest absolute Gasteiger partial charge is 0.255 e. The number of anilines is 1. The summed E-state index contributed by atoms with van der Waals surface area (Å²) in [5, 5.41) is 2.67. The van der Waals surface area contributed by atoms with Crippen LogP contribution in [0.1, 0.15) is 18.4 Å². The molecule has 1 unspecified atom stereocenters. The molecule has 6 nitrogen and oxygen atoms in total. The molecule has 2 heterocycles. The number of carbonyl (C=O) groups is 1. The lowest BCUT2D eigenvalue weighted by Crippen LogP contribution is -2.43. The molecule has 2 rings (SSSR count). The van der Waals surface area contributed by atoms with Crippen molar-refractivity contribution in [3.05, 3.63) is 22.1 Å². The molecular weight excluding hydrogens is 232 g/mol. The van der Waals surface area contributed by atoms with E-state index >= 15 is 0 Å². The lowest BCUT2D eigenvalue weighted by Gasteiger charge is -2.32. The molecule has 18 heavy (non-hydrogen) atoms. The third-order valence-electron chi connectivity index (χ3n) is 3.30. The predicted octanol–water partition coefficient (Wildman–Crippen LogP) is 0.0407. The van der Waals surface area contributed by atoms with Crippen molar-refractivity contribution >= 4 is 11.9 Å². The Morgan fingerprint density at radius 3 is 3.06 bits per heavy atom. The van der Waals surface area contributed by atoms with Crippen molar-refractivity contribution in [3.63, 3.8) is 0 Å². The maximum atomic E-state index is 11.6. The van der Waals surface area contributed by atoms with Crippen LogP contribution in [-0.2, 0) is 4.79 Å². The summed E-state index contributed by atoms with van der Waals surface area (Å²) in [4.78, 5) is 32.1. The standard InChI is InChI=1S/C12H18N4O2/c1-8-6-14-12(15-10(8)17)16-5-3-4-9(7-16)11(18)13-2/h6,9H,3-5,7H2,1-2H3,(H,13,18)(H,14,15,17). The Morgan fingerprint density at radius 2 is 2.39 bits per heavy atom. The maximum Gasteiger partial charge on any atom is 0.255 e. The first kappa shape index (κ1) is 12.6. The van der Waals surface area contributed by atoms with Gasteiger partial charge in [-0.2, -0.15) is 0 Å². The number of nitrogens with one attached hydrogen (secondary N) is 2. The van der Waals surface area contributed by atoms with E-state index in [1.54, 1.807) is 20.2 Å². The minimum absolute atomic E-state index is 0.0321. The second-order valence-electron chi connectivity index (χ2n) is 4.62. The van der Waals surface area contributed by atoms with Gasteiger partial charge in [-0.1, -0.05) is 0 Å². The van der Waals surface area contributed by atoms with Crippen LogP contribution < -0.4 is 15.8 Å². The van der Waals surface area contributed by atoms with Crippen molar-refractivity contribution in [2.75, 3.05) is 25.0 Å².